The number of carbonyl (C=O) groups excluding carboxylic acids is 3. The molecular formula is C32H33ClN2O6S. The molecule has 0 bridgehead atoms. The van der Waals surface area contributed by atoms with Crippen LogP contribution in [0.15, 0.2) is 65.6 Å². The van der Waals surface area contributed by atoms with Crippen molar-refractivity contribution in [1.82, 2.24) is 4.90 Å². The van der Waals surface area contributed by atoms with Gasteiger partial charge in [0.05, 0.1) is 28.8 Å². The number of ether oxygens (including phenoxy) is 3. The molecule has 0 spiro atoms. The van der Waals surface area contributed by atoms with Gasteiger partial charge in [0.15, 0.2) is 18.1 Å². The summed E-state index contributed by atoms with van der Waals surface area (Å²) in [5.41, 5.74) is 3.29. The Hall–Kier alpha value is -3.95. The zero-order valence-corrected chi connectivity index (χ0v) is 25.5. The number of carbonyl (C=O) groups is 3. The van der Waals surface area contributed by atoms with Gasteiger partial charge >= 0.3 is 0 Å². The number of amides is 3. The van der Waals surface area contributed by atoms with Crippen molar-refractivity contribution in [2.75, 3.05) is 31.7 Å². The maximum atomic E-state index is 13.1. The highest BCUT2D eigenvalue weighted by Gasteiger charge is 2.35. The zero-order chi connectivity index (χ0) is 30.2. The molecule has 0 atom stereocenters. The van der Waals surface area contributed by atoms with Crippen molar-refractivity contribution in [3.05, 3.63) is 87.3 Å². The Balaban J connectivity index is 1.39. The first-order valence-electron chi connectivity index (χ1n) is 13.6. The van der Waals surface area contributed by atoms with Gasteiger partial charge in [-0.15, -0.1) is 0 Å². The fraction of sp³-hybridized carbons (Fsp3) is 0.281. The Kier molecular flexibility index (Phi) is 10.5. The lowest BCUT2D eigenvalue weighted by atomic mass is 10.0. The number of nitrogens with one attached hydrogen (secondary N) is 1. The minimum atomic E-state index is -0.380. The number of para-hydroxylation sites is 1. The Morgan fingerprint density at radius 3 is 2.52 bits per heavy atom. The molecule has 8 nitrogen and oxygen atoms in total. The van der Waals surface area contributed by atoms with Crippen LogP contribution in [0.5, 0.6) is 17.2 Å². The molecule has 1 N–H and O–H groups in total. The van der Waals surface area contributed by atoms with E-state index >= 15 is 0 Å². The number of imide groups is 1. The van der Waals surface area contributed by atoms with Crippen molar-refractivity contribution in [2.45, 2.75) is 33.6 Å². The molecule has 0 aromatic heterocycles. The molecule has 0 radical (unpaired) electrons. The molecule has 3 aromatic rings. The second-order valence-electron chi connectivity index (χ2n) is 9.83. The van der Waals surface area contributed by atoms with Gasteiger partial charge in [-0.05, 0) is 84.6 Å². The highest BCUT2D eigenvalue weighted by molar-refractivity contribution is 8.18. The number of hydrogen-bond donors (Lipinski definition) is 1. The molecule has 3 aromatic carbocycles. The lowest BCUT2D eigenvalue weighted by Gasteiger charge is -2.17. The molecule has 220 valence electrons. The molecule has 1 aliphatic rings. The highest BCUT2D eigenvalue weighted by Crippen LogP contribution is 2.35. The first kappa shape index (κ1) is 31.0. The standard InChI is InChI=1S/C32H33ClN2O6S/c1-5-39-28-17-22(11-13-26(28)41-19-30(36)34-25-9-7-6-8-24(25)33)18-29-31(37)35(32(38)42-29)14-15-40-27-16-21(4)10-12-23(27)20(2)3/h6-13,16-18,20H,5,14-15,19H2,1-4H3,(H,34,36)/b29-18-. The Labute approximate surface area is 255 Å². The number of thioether (sulfide) groups is 1. The number of nitrogens with zero attached hydrogens (tertiary/aromatic N) is 1. The maximum absolute atomic E-state index is 13.1. The van der Waals surface area contributed by atoms with Crippen LogP contribution in [0.2, 0.25) is 5.02 Å². The number of hydrogen-bond acceptors (Lipinski definition) is 7. The van der Waals surface area contributed by atoms with Gasteiger partial charge in [-0.2, -0.15) is 0 Å². The van der Waals surface area contributed by atoms with Crippen molar-refractivity contribution >= 4 is 52.2 Å². The van der Waals surface area contributed by atoms with E-state index in [-0.39, 0.29) is 42.7 Å². The Morgan fingerprint density at radius 2 is 1.79 bits per heavy atom. The highest BCUT2D eigenvalue weighted by atomic mass is 35.5. The summed E-state index contributed by atoms with van der Waals surface area (Å²) in [4.78, 5) is 39.6. The van der Waals surface area contributed by atoms with Gasteiger partial charge in [0.25, 0.3) is 17.1 Å². The molecule has 0 saturated carbocycles. The van der Waals surface area contributed by atoms with E-state index < -0.39 is 0 Å². The first-order valence-corrected chi connectivity index (χ1v) is 14.8. The average Bonchev–Trinajstić information content (AvgIpc) is 3.21. The predicted octanol–water partition coefficient (Wildman–Crippen LogP) is 7.30. The molecule has 10 heteroatoms. The summed E-state index contributed by atoms with van der Waals surface area (Å²) in [7, 11) is 0. The summed E-state index contributed by atoms with van der Waals surface area (Å²) in [6, 6.07) is 18.1. The van der Waals surface area contributed by atoms with Gasteiger partial charge in [0.1, 0.15) is 12.4 Å². The summed E-state index contributed by atoms with van der Waals surface area (Å²) < 4.78 is 17.4. The van der Waals surface area contributed by atoms with Crippen LogP contribution in [0.25, 0.3) is 6.08 Å². The number of halogens is 1. The smallest absolute Gasteiger partial charge is 0.293 e. The van der Waals surface area contributed by atoms with E-state index in [1.807, 2.05) is 32.0 Å². The Morgan fingerprint density at radius 1 is 1.00 bits per heavy atom. The molecule has 1 saturated heterocycles. The summed E-state index contributed by atoms with van der Waals surface area (Å²) in [5.74, 6) is 1.06. The molecule has 4 rings (SSSR count). The fourth-order valence-electron chi connectivity index (χ4n) is 4.23. The van der Waals surface area contributed by atoms with Crippen LogP contribution in [0.4, 0.5) is 10.5 Å². The number of aryl methyl sites for hydroxylation is 1. The third-order valence-electron chi connectivity index (χ3n) is 6.31. The SMILES string of the molecule is CCOc1cc(/C=C2\SC(=O)N(CCOc3cc(C)ccc3C(C)C)C2=O)ccc1OCC(=O)Nc1ccccc1Cl. The minimum absolute atomic E-state index is 0.140. The summed E-state index contributed by atoms with van der Waals surface area (Å²) in [6.45, 7) is 8.44. The van der Waals surface area contributed by atoms with Crippen LogP contribution in [0.1, 0.15) is 43.4 Å². The average molecular weight is 609 g/mol. The second kappa shape index (κ2) is 14.3. The molecule has 1 heterocycles. The van der Waals surface area contributed by atoms with E-state index in [4.69, 9.17) is 25.8 Å². The Bertz CT molecular complexity index is 1510. The molecule has 3 amide bonds. The van der Waals surface area contributed by atoms with E-state index in [0.29, 0.717) is 39.3 Å². The number of benzene rings is 3. The fourth-order valence-corrected chi connectivity index (χ4v) is 5.28. The van der Waals surface area contributed by atoms with Gasteiger partial charge in [0, 0.05) is 0 Å². The molecule has 1 aliphatic heterocycles. The van der Waals surface area contributed by atoms with Crippen LogP contribution < -0.4 is 19.5 Å². The second-order valence-corrected chi connectivity index (χ2v) is 11.2. The monoisotopic (exact) mass is 608 g/mol. The normalized spacial score (nSPS) is 14.0. The van der Waals surface area contributed by atoms with Crippen LogP contribution >= 0.6 is 23.4 Å². The van der Waals surface area contributed by atoms with Gasteiger partial charge in [-0.25, -0.2) is 0 Å². The van der Waals surface area contributed by atoms with E-state index in [9.17, 15) is 14.4 Å². The minimum Gasteiger partial charge on any atom is -0.491 e. The van der Waals surface area contributed by atoms with Gasteiger partial charge in [0.2, 0.25) is 0 Å². The van der Waals surface area contributed by atoms with Crippen LogP contribution in [0.3, 0.4) is 0 Å². The topological polar surface area (TPSA) is 94.2 Å². The van der Waals surface area contributed by atoms with Gasteiger partial charge < -0.3 is 19.5 Å². The molecule has 0 unspecified atom stereocenters. The van der Waals surface area contributed by atoms with Gasteiger partial charge in [-0.1, -0.05) is 55.8 Å². The van der Waals surface area contributed by atoms with Crippen molar-refractivity contribution in [3.63, 3.8) is 0 Å². The maximum Gasteiger partial charge on any atom is 0.293 e. The van der Waals surface area contributed by atoms with Crippen LogP contribution in [0, 0.1) is 6.92 Å². The lowest BCUT2D eigenvalue weighted by Crippen LogP contribution is -2.32. The molecule has 1 fully saturated rings. The van der Waals surface area contributed by atoms with Crippen molar-refractivity contribution in [1.29, 1.82) is 0 Å². The third kappa shape index (κ3) is 7.86. The third-order valence-corrected chi connectivity index (χ3v) is 7.55. The van der Waals surface area contributed by atoms with E-state index in [1.165, 1.54) is 4.90 Å². The summed E-state index contributed by atoms with van der Waals surface area (Å²) >= 11 is 6.98. The largest absolute Gasteiger partial charge is 0.491 e. The first-order chi connectivity index (χ1) is 20.2. The summed E-state index contributed by atoms with van der Waals surface area (Å²) in [6.07, 6.45) is 1.64. The summed E-state index contributed by atoms with van der Waals surface area (Å²) in [5, 5.41) is 2.78. The quantitative estimate of drug-likeness (QED) is 0.216. The predicted molar refractivity (Wildman–Crippen MR) is 167 cm³/mol. The van der Waals surface area contributed by atoms with Crippen molar-refractivity contribution < 1.29 is 28.6 Å². The molecule has 42 heavy (non-hydrogen) atoms. The molecule has 0 aliphatic carbocycles. The van der Waals surface area contributed by atoms with E-state index in [2.05, 4.69) is 19.2 Å². The molecular weight excluding hydrogens is 576 g/mol. The van der Waals surface area contributed by atoms with Gasteiger partial charge in [-0.3, -0.25) is 19.3 Å². The van der Waals surface area contributed by atoms with Crippen molar-refractivity contribution in [3.8, 4) is 17.2 Å². The van der Waals surface area contributed by atoms with Crippen LogP contribution in [-0.4, -0.2) is 48.3 Å². The van der Waals surface area contributed by atoms with Crippen molar-refractivity contribution in [2.24, 2.45) is 0 Å². The van der Waals surface area contributed by atoms with E-state index in [0.717, 1.165) is 28.6 Å². The van der Waals surface area contributed by atoms with E-state index in [1.54, 1.807) is 48.5 Å². The lowest BCUT2D eigenvalue weighted by molar-refractivity contribution is -0.123. The number of anilines is 1. The zero-order valence-electron chi connectivity index (χ0n) is 23.9. The van der Waals surface area contributed by atoms with Crippen LogP contribution in [-0.2, 0) is 9.59 Å². The number of rotatable bonds is 12.